The second-order valence-electron chi connectivity index (χ2n) is 16.0. The maximum Gasteiger partial charge on any atom is 2.00 e. The summed E-state index contributed by atoms with van der Waals surface area (Å²) in [5.41, 5.74) is 12.0. The van der Waals surface area contributed by atoms with Gasteiger partial charge in [0.2, 0.25) is 0 Å². The van der Waals surface area contributed by atoms with E-state index >= 15 is 0 Å². The zero-order valence-electron chi connectivity index (χ0n) is 35.3. The van der Waals surface area contributed by atoms with Crippen molar-refractivity contribution in [2.45, 2.75) is 119 Å². The van der Waals surface area contributed by atoms with Crippen LogP contribution in [0.3, 0.4) is 0 Å². The molecule has 4 heteroatoms. The molecule has 0 aromatic heterocycles. The monoisotopic (exact) mass is 812 g/mol. The number of aryl methyl sites for hydroxylation is 8. The molecule has 2 aliphatic carbocycles. The zero-order valence-corrected chi connectivity index (χ0v) is 38.2. The van der Waals surface area contributed by atoms with Gasteiger partial charge in [0.1, 0.15) is 0 Å². The van der Waals surface area contributed by atoms with Gasteiger partial charge in [0, 0.05) is 0 Å². The Kier molecular flexibility index (Phi) is 18.1. The van der Waals surface area contributed by atoms with Crippen molar-refractivity contribution in [2.75, 3.05) is 0 Å². The van der Waals surface area contributed by atoms with Gasteiger partial charge in [0.15, 0.2) is 0 Å². The van der Waals surface area contributed by atoms with Gasteiger partial charge < -0.3 is 20.0 Å². The van der Waals surface area contributed by atoms with E-state index in [0.29, 0.717) is 5.66 Å². The van der Waals surface area contributed by atoms with Gasteiger partial charge in [-0.15, -0.1) is 0 Å². The largest absolute Gasteiger partial charge is 2.00 e. The van der Waals surface area contributed by atoms with Crippen molar-refractivity contribution < 1.29 is 22.2 Å². The van der Waals surface area contributed by atoms with Crippen LogP contribution >= 0.6 is 15.8 Å². The predicted octanol–water partition coefficient (Wildman–Crippen LogP) is 12.1. The van der Waals surface area contributed by atoms with Crippen LogP contribution in [0.4, 0.5) is 0 Å². The van der Waals surface area contributed by atoms with E-state index in [2.05, 4.69) is 152 Å². The molecule has 0 aliphatic heterocycles. The molecule has 0 saturated heterocycles. The van der Waals surface area contributed by atoms with Crippen LogP contribution in [-0.2, 0) is 17.1 Å². The predicted molar refractivity (Wildman–Crippen MR) is 244 cm³/mol. The molecule has 1 N–H and O–H groups in total. The number of aliphatic hydroxyl groups excluding tert-OH is 1. The third kappa shape index (κ3) is 11.8. The molecule has 0 spiro atoms. The minimum atomic E-state index is -0.868. The Bertz CT molecular complexity index is 1800. The summed E-state index contributed by atoms with van der Waals surface area (Å²) in [6.45, 7) is 17.7. The molecule has 2 unspecified atom stereocenters. The molecule has 2 aliphatic rings. The number of benzene rings is 5. The fourth-order valence-electron chi connectivity index (χ4n) is 9.01. The second-order valence-corrected chi connectivity index (χ2v) is 20.6. The van der Waals surface area contributed by atoms with Gasteiger partial charge in [0.05, 0.1) is 6.10 Å². The van der Waals surface area contributed by atoms with Crippen LogP contribution in [0, 0.1) is 76.2 Å². The molecule has 1 nitrogen and oxygen atoms in total. The van der Waals surface area contributed by atoms with Gasteiger partial charge in [-0.3, -0.25) is 0 Å². The Morgan fingerprint density at radius 3 is 1.20 bits per heavy atom. The van der Waals surface area contributed by atoms with Crippen molar-refractivity contribution >= 4 is 42.4 Å². The van der Waals surface area contributed by atoms with Gasteiger partial charge in [0.25, 0.3) is 0 Å². The van der Waals surface area contributed by atoms with Gasteiger partial charge in [-0.2, -0.15) is 0 Å². The van der Waals surface area contributed by atoms with E-state index < -0.39 is 21.9 Å². The van der Waals surface area contributed by atoms with Crippen molar-refractivity contribution in [3.8, 4) is 0 Å². The molecular weight excluding hydrogens is 746 g/mol. The Morgan fingerprint density at radius 1 is 0.473 bits per heavy atom. The minimum absolute atomic E-state index is 0. The summed E-state index contributed by atoms with van der Waals surface area (Å²) < 4.78 is 0. The molecule has 3 atom stereocenters. The van der Waals surface area contributed by atoms with Crippen molar-refractivity contribution in [3.63, 3.8) is 0 Å². The molecule has 294 valence electrons. The molecule has 0 amide bonds. The molecule has 0 heterocycles. The van der Waals surface area contributed by atoms with Crippen molar-refractivity contribution in [3.05, 3.63) is 162 Å². The van der Waals surface area contributed by atoms with Crippen molar-refractivity contribution in [1.29, 1.82) is 0 Å². The Labute approximate surface area is 349 Å². The van der Waals surface area contributed by atoms with E-state index in [4.69, 9.17) is 0 Å². The standard InChI is InChI=1S/C44H50OP2.C5H10.2CH3.Fe/c1-28-16-29(2)21-36(20-28)46(37-22-30(3)17-31(4)23-37)42-14-10-9-12-40(42)44(45)41-13-11-15-43(41)47(38-24-32(5)18-33(6)25-38)39-26-34(7)19-35(8)27-39;1-2-4-5-3-1;;;/h9-10,12,14,16-27,41,43-45H,11,13,15H2,1-8H3;1-5H2;2*1H3;/q;;2*-1;+2/t41?,43?,44-;;;;/m0..../s1. The molecule has 5 aromatic carbocycles. The third-order valence-electron chi connectivity index (χ3n) is 10.9. The third-order valence-corrected chi connectivity index (χ3v) is 16.3. The first-order valence-corrected chi connectivity index (χ1v) is 22.4. The average Bonchev–Trinajstić information content (AvgIpc) is 3.80. The number of hydrogen-bond donors (Lipinski definition) is 1. The van der Waals surface area contributed by atoms with Crippen LogP contribution in [0.1, 0.15) is 108 Å². The Hall–Kier alpha value is -2.56. The molecule has 2 saturated carbocycles. The molecule has 2 fully saturated rings. The number of hydrogen-bond acceptors (Lipinski definition) is 1. The van der Waals surface area contributed by atoms with E-state index in [1.807, 2.05) is 0 Å². The number of aliphatic hydroxyl groups is 1. The van der Waals surface area contributed by atoms with Gasteiger partial charge in [-0.25, -0.2) is 0 Å². The first kappa shape index (κ1) is 46.8. The van der Waals surface area contributed by atoms with E-state index in [1.54, 1.807) is 0 Å². The van der Waals surface area contributed by atoms with Crippen LogP contribution in [0.2, 0.25) is 0 Å². The molecule has 7 rings (SSSR count). The summed E-state index contributed by atoms with van der Waals surface area (Å²) >= 11 is 0. The average molecular weight is 813 g/mol. The zero-order chi connectivity index (χ0) is 36.9. The summed E-state index contributed by atoms with van der Waals surface area (Å²) in [6, 6.07) is 37.1. The van der Waals surface area contributed by atoms with Crippen LogP contribution in [0.25, 0.3) is 0 Å². The maximum atomic E-state index is 12.7. The van der Waals surface area contributed by atoms with Gasteiger partial charge >= 0.3 is 17.1 Å². The first-order valence-electron chi connectivity index (χ1n) is 19.7. The second kappa shape index (κ2) is 21.3. The molecule has 0 bridgehead atoms. The minimum Gasteiger partial charge on any atom is -0.388 e. The van der Waals surface area contributed by atoms with Crippen LogP contribution < -0.4 is 26.5 Å². The fraction of sp³-hybridized carbons (Fsp3) is 0.373. The summed E-state index contributed by atoms with van der Waals surface area (Å²) in [6.07, 6.45) is 10.3. The molecule has 5 aromatic rings. The maximum absolute atomic E-state index is 12.7. The molecular formula is C51H66FeOP2. The van der Waals surface area contributed by atoms with Crippen LogP contribution in [-0.4, -0.2) is 10.8 Å². The van der Waals surface area contributed by atoms with E-state index in [0.717, 1.165) is 24.8 Å². The van der Waals surface area contributed by atoms with E-state index in [1.165, 1.54) is 103 Å². The summed E-state index contributed by atoms with van der Waals surface area (Å²) in [5.74, 6) is 0.194. The molecule has 55 heavy (non-hydrogen) atoms. The van der Waals surface area contributed by atoms with Crippen molar-refractivity contribution in [2.24, 2.45) is 5.92 Å². The topological polar surface area (TPSA) is 20.2 Å². The van der Waals surface area contributed by atoms with E-state index in [9.17, 15) is 5.11 Å². The Morgan fingerprint density at radius 2 is 0.818 bits per heavy atom. The van der Waals surface area contributed by atoms with Crippen LogP contribution in [0.5, 0.6) is 0 Å². The van der Waals surface area contributed by atoms with Gasteiger partial charge in [-0.1, -0.05) is 180 Å². The smallest absolute Gasteiger partial charge is 0.388 e. The normalized spacial score (nSPS) is 16.8. The summed E-state index contributed by atoms with van der Waals surface area (Å²) in [4.78, 5) is 0. The number of rotatable bonds is 8. The fourth-order valence-corrected chi connectivity index (χ4v) is 15.5. The van der Waals surface area contributed by atoms with Crippen LogP contribution in [0.15, 0.2) is 97.1 Å². The SMILES string of the molecule is C1CCCC1.Cc1cc(C)cc(P(c2cc(C)cc(C)c2)c2ccccc2[C@H](O)C2CCCC2P(c2cc(C)cc(C)c2)c2cc(C)cc(C)c2)c1.[CH3-].[CH3-].[Fe+2]. The Balaban J connectivity index is 0.000000940. The quantitative estimate of drug-likeness (QED) is 0.0940. The van der Waals surface area contributed by atoms with Gasteiger partial charge in [-0.05, 0) is 128 Å². The van der Waals surface area contributed by atoms with E-state index in [-0.39, 0.29) is 37.8 Å². The summed E-state index contributed by atoms with van der Waals surface area (Å²) in [7, 11) is -1.53. The molecule has 0 radical (unpaired) electrons. The first-order chi connectivity index (χ1) is 25.0. The summed E-state index contributed by atoms with van der Waals surface area (Å²) in [5, 5.41) is 19.6. The van der Waals surface area contributed by atoms with Crippen molar-refractivity contribution in [1.82, 2.24) is 0 Å².